The molecule has 3 aromatic rings. The van der Waals surface area contributed by atoms with Crippen molar-refractivity contribution in [2.45, 2.75) is 83.3 Å². The Bertz CT molecular complexity index is 1480. The van der Waals surface area contributed by atoms with Gasteiger partial charge < -0.3 is 10.2 Å². The number of aryl methyl sites for hydroxylation is 3. The predicted molar refractivity (Wildman–Crippen MR) is 163 cm³/mol. The smallest absolute Gasteiger partial charge is 0.264 e. The Kier molecular flexibility index (Phi) is 10.0. The molecule has 1 aliphatic rings. The van der Waals surface area contributed by atoms with Crippen LogP contribution in [-0.2, 0) is 26.2 Å². The van der Waals surface area contributed by atoms with Crippen LogP contribution in [0.5, 0.6) is 0 Å². The Morgan fingerprint density at radius 2 is 1.50 bits per heavy atom. The van der Waals surface area contributed by atoms with E-state index in [0.29, 0.717) is 17.7 Å². The van der Waals surface area contributed by atoms with Crippen LogP contribution in [0.4, 0.5) is 10.1 Å². The fraction of sp³-hybridized carbons (Fsp3) is 0.394. The molecule has 3 aromatic carbocycles. The Morgan fingerprint density at radius 1 is 0.905 bits per heavy atom. The van der Waals surface area contributed by atoms with Gasteiger partial charge in [0, 0.05) is 12.6 Å². The Hall–Kier alpha value is -3.72. The predicted octanol–water partition coefficient (Wildman–Crippen LogP) is 5.81. The first-order valence-electron chi connectivity index (χ1n) is 14.5. The van der Waals surface area contributed by atoms with Gasteiger partial charge in [0.1, 0.15) is 18.4 Å². The van der Waals surface area contributed by atoms with E-state index in [1.807, 2.05) is 33.8 Å². The first-order chi connectivity index (χ1) is 20.0. The first kappa shape index (κ1) is 31.2. The second-order valence-corrected chi connectivity index (χ2v) is 13.1. The van der Waals surface area contributed by atoms with Crippen molar-refractivity contribution in [1.29, 1.82) is 0 Å². The van der Waals surface area contributed by atoms with Gasteiger partial charge in [-0.25, -0.2) is 12.8 Å². The van der Waals surface area contributed by atoms with E-state index in [1.165, 1.54) is 29.2 Å². The molecule has 1 aliphatic carbocycles. The highest BCUT2D eigenvalue weighted by Gasteiger charge is 2.34. The number of carbonyl (C=O) groups excluding carboxylic acids is 2. The van der Waals surface area contributed by atoms with Gasteiger partial charge in [-0.05, 0) is 93.1 Å². The van der Waals surface area contributed by atoms with E-state index in [-0.39, 0.29) is 23.4 Å². The molecule has 0 bridgehead atoms. The minimum Gasteiger partial charge on any atom is -0.352 e. The van der Waals surface area contributed by atoms with E-state index in [1.54, 1.807) is 36.4 Å². The monoisotopic (exact) mass is 593 g/mol. The zero-order valence-electron chi connectivity index (χ0n) is 24.8. The molecule has 42 heavy (non-hydrogen) atoms. The fourth-order valence-corrected chi connectivity index (χ4v) is 6.93. The van der Waals surface area contributed by atoms with Crippen LogP contribution in [0.1, 0.15) is 61.3 Å². The van der Waals surface area contributed by atoms with Crippen molar-refractivity contribution in [3.63, 3.8) is 0 Å². The summed E-state index contributed by atoms with van der Waals surface area (Å²) in [4.78, 5) is 29.2. The van der Waals surface area contributed by atoms with Crippen molar-refractivity contribution >= 4 is 27.5 Å². The highest BCUT2D eigenvalue weighted by molar-refractivity contribution is 7.92. The number of nitrogens with zero attached hydrogens (tertiary/aromatic N) is 2. The number of halogens is 1. The fourth-order valence-electron chi connectivity index (χ4n) is 5.53. The van der Waals surface area contributed by atoms with Crippen LogP contribution in [0.15, 0.2) is 71.6 Å². The summed E-state index contributed by atoms with van der Waals surface area (Å²) in [5, 5.41) is 3.10. The maximum atomic E-state index is 14.2. The summed E-state index contributed by atoms with van der Waals surface area (Å²) in [7, 11) is -4.15. The molecular formula is C33H40FN3O4S. The second kappa shape index (κ2) is 13.5. The van der Waals surface area contributed by atoms with Crippen molar-refractivity contribution in [2.75, 3.05) is 10.8 Å². The lowest BCUT2D eigenvalue weighted by molar-refractivity contribution is -0.140. The quantitative estimate of drug-likeness (QED) is 0.304. The zero-order valence-corrected chi connectivity index (χ0v) is 25.6. The minimum absolute atomic E-state index is 0.0287. The number of carbonyl (C=O) groups is 2. The molecule has 0 heterocycles. The number of hydrogen-bond acceptors (Lipinski definition) is 4. The lowest BCUT2D eigenvalue weighted by atomic mass is 10.1. The summed E-state index contributed by atoms with van der Waals surface area (Å²) in [6.45, 7) is 6.96. The SMILES string of the molecule is CC[C@@H](C(=O)NC1CCCC1)N(Cc1ccc(F)cc1)C(=O)CN(c1cc(C)cc(C)c1)S(=O)(=O)c1ccc(C)cc1. The van der Waals surface area contributed by atoms with Gasteiger partial charge in [-0.1, -0.05) is 55.7 Å². The number of rotatable bonds is 11. The first-order valence-corrected chi connectivity index (χ1v) is 15.9. The Labute approximate surface area is 248 Å². The molecule has 1 fully saturated rings. The van der Waals surface area contributed by atoms with Crippen LogP contribution in [0.2, 0.25) is 0 Å². The van der Waals surface area contributed by atoms with Crippen molar-refractivity contribution in [3.05, 3.63) is 94.8 Å². The third kappa shape index (κ3) is 7.56. The number of nitrogens with one attached hydrogen (secondary N) is 1. The molecule has 0 saturated heterocycles. The third-order valence-corrected chi connectivity index (χ3v) is 9.52. The molecule has 224 valence electrons. The topological polar surface area (TPSA) is 86.8 Å². The van der Waals surface area contributed by atoms with Crippen molar-refractivity contribution in [3.8, 4) is 0 Å². The van der Waals surface area contributed by atoms with Crippen LogP contribution in [-0.4, -0.2) is 43.8 Å². The van der Waals surface area contributed by atoms with Gasteiger partial charge in [-0.2, -0.15) is 0 Å². The maximum absolute atomic E-state index is 14.2. The van der Waals surface area contributed by atoms with E-state index in [2.05, 4.69) is 5.32 Å². The van der Waals surface area contributed by atoms with Crippen LogP contribution in [0, 0.1) is 26.6 Å². The second-order valence-electron chi connectivity index (χ2n) is 11.2. The van der Waals surface area contributed by atoms with Crippen molar-refractivity contribution in [1.82, 2.24) is 10.2 Å². The molecule has 9 heteroatoms. The molecule has 0 radical (unpaired) electrons. The molecule has 1 atom stereocenters. The van der Waals surface area contributed by atoms with Crippen LogP contribution in [0.25, 0.3) is 0 Å². The summed E-state index contributed by atoms with van der Waals surface area (Å²) in [6.07, 6.45) is 4.20. The van der Waals surface area contributed by atoms with Crippen molar-refractivity contribution in [2.24, 2.45) is 0 Å². The van der Waals surface area contributed by atoms with Gasteiger partial charge >= 0.3 is 0 Å². The summed E-state index contributed by atoms with van der Waals surface area (Å²) >= 11 is 0. The van der Waals surface area contributed by atoms with Gasteiger partial charge in [-0.15, -0.1) is 0 Å². The lowest BCUT2D eigenvalue weighted by Gasteiger charge is -2.34. The molecule has 1 saturated carbocycles. The largest absolute Gasteiger partial charge is 0.352 e. The van der Waals surface area contributed by atoms with E-state index in [9.17, 15) is 22.4 Å². The summed E-state index contributed by atoms with van der Waals surface area (Å²) in [6, 6.07) is 16.9. The molecule has 0 aliphatic heterocycles. The Balaban J connectivity index is 1.73. The highest BCUT2D eigenvalue weighted by Crippen LogP contribution is 2.27. The van der Waals surface area contributed by atoms with Crippen LogP contribution in [0.3, 0.4) is 0 Å². The maximum Gasteiger partial charge on any atom is 0.264 e. The Morgan fingerprint density at radius 3 is 2.07 bits per heavy atom. The molecule has 0 spiro atoms. The van der Waals surface area contributed by atoms with Gasteiger partial charge in [-0.3, -0.25) is 13.9 Å². The molecule has 7 nitrogen and oxygen atoms in total. The van der Waals surface area contributed by atoms with Gasteiger partial charge in [0.25, 0.3) is 10.0 Å². The van der Waals surface area contributed by atoms with E-state index < -0.39 is 34.3 Å². The molecule has 4 rings (SSSR count). The number of hydrogen-bond donors (Lipinski definition) is 1. The molecule has 1 N–H and O–H groups in total. The summed E-state index contributed by atoms with van der Waals surface area (Å²) in [5.41, 5.74) is 3.62. The lowest BCUT2D eigenvalue weighted by Crippen LogP contribution is -2.53. The average Bonchev–Trinajstić information content (AvgIpc) is 3.45. The number of amides is 2. The summed E-state index contributed by atoms with van der Waals surface area (Å²) in [5.74, 6) is -1.20. The minimum atomic E-state index is -4.15. The highest BCUT2D eigenvalue weighted by atomic mass is 32.2. The van der Waals surface area contributed by atoms with E-state index in [4.69, 9.17) is 0 Å². The average molecular weight is 594 g/mol. The third-order valence-electron chi connectivity index (χ3n) is 7.74. The van der Waals surface area contributed by atoms with Gasteiger partial charge in [0.05, 0.1) is 10.6 Å². The van der Waals surface area contributed by atoms with Crippen molar-refractivity contribution < 1.29 is 22.4 Å². The van der Waals surface area contributed by atoms with Crippen LogP contribution < -0.4 is 9.62 Å². The standard InChI is InChI=1S/C33H40FN3O4S/c1-5-31(33(39)35-28-8-6-7-9-28)36(21-26-12-14-27(34)15-13-26)32(38)22-37(29-19-24(3)18-25(4)20-29)42(40,41)30-16-10-23(2)11-17-30/h10-20,28,31H,5-9,21-22H2,1-4H3,(H,35,39)/t31-/m0/s1. The molecule has 2 amide bonds. The zero-order chi connectivity index (χ0) is 30.4. The van der Waals surface area contributed by atoms with E-state index >= 15 is 0 Å². The number of anilines is 1. The molecule has 0 unspecified atom stereocenters. The van der Waals surface area contributed by atoms with Crippen LogP contribution >= 0.6 is 0 Å². The van der Waals surface area contributed by atoms with Gasteiger partial charge in [0.15, 0.2) is 0 Å². The number of sulfonamides is 1. The number of benzene rings is 3. The molecular weight excluding hydrogens is 553 g/mol. The summed E-state index contributed by atoms with van der Waals surface area (Å²) < 4.78 is 42.9. The normalized spacial score (nSPS) is 14.4. The van der Waals surface area contributed by atoms with E-state index in [0.717, 1.165) is 46.7 Å². The molecule has 0 aromatic heterocycles. The van der Waals surface area contributed by atoms with Gasteiger partial charge in [0.2, 0.25) is 11.8 Å².